The lowest BCUT2D eigenvalue weighted by molar-refractivity contribution is 0.733. The first-order valence-corrected chi connectivity index (χ1v) is 4.94. The molecular weight excluding hydrogens is 170 g/mol. The number of nitrogens with zero attached hydrogens (tertiary/aromatic N) is 1. The molecule has 0 aliphatic rings. The van der Waals surface area contributed by atoms with E-state index in [-0.39, 0.29) is 0 Å². The standard InChI is InChI=1S/C13H15N/c1-3-11(2)13-8-6-12(7-9-13)5-4-10-14/h4-9,11H,3H2,1-2H3/b5-4+. The zero-order valence-corrected chi connectivity index (χ0v) is 8.70. The van der Waals surface area contributed by atoms with E-state index >= 15 is 0 Å². The summed E-state index contributed by atoms with van der Waals surface area (Å²) in [5.41, 5.74) is 2.44. The number of allylic oxidation sites excluding steroid dienone is 1. The Morgan fingerprint density at radius 3 is 2.50 bits per heavy atom. The number of hydrogen-bond acceptors (Lipinski definition) is 1. The highest BCUT2D eigenvalue weighted by Gasteiger charge is 2.00. The molecule has 14 heavy (non-hydrogen) atoms. The van der Waals surface area contributed by atoms with Crippen LogP contribution < -0.4 is 0 Å². The van der Waals surface area contributed by atoms with E-state index in [0.717, 1.165) is 12.0 Å². The van der Waals surface area contributed by atoms with Crippen LogP contribution in [0.5, 0.6) is 0 Å². The van der Waals surface area contributed by atoms with Crippen LogP contribution in [0, 0.1) is 11.3 Å². The fourth-order valence-electron chi connectivity index (χ4n) is 1.30. The molecule has 0 aromatic heterocycles. The van der Waals surface area contributed by atoms with Gasteiger partial charge in [-0.3, -0.25) is 0 Å². The Morgan fingerprint density at radius 1 is 1.36 bits per heavy atom. The molecule has 0 radical (unpaired) electrons. The molecule has 1 unspecified atom stereocenters. The van der Waals surface area contributed by atoms with Gasteiger partial charge >= 0.3 is 0 Å². The van der Waals surface area contributed by atoms with Crippen molar-refractivity contribution in [1.82, 2.24) is 0 Å². The molecule has 0 fully saturated rings. The fourth-order valence-corrected chi connectivity index (χ4v) is 1.30. The lowest BCUT2D eigenvalue weighted by Crippen LogP contribution is -1.90. The highest BCUT2D eigenvalue weighted by molar-refractivity contribution is 5.52. The molecule has 0 N–H and O–H groups in total. The smallest absolute Gasteiger partial charge is 0.0912 e. The SMILES string of the molecule is CCC(C)c1ccc(/C=C/C#N)cc1. The summed E-state index contributed by atoms with van der Waals surface area (Å²) >= 11 is 0. The average molecular weight is 185 g/mol. The summed E-state index contributed by atoms with van der Waals surface area (Å²) < 4.78 is 0. The van der Waals surface area contributed by atoms with Crippen molar-refractivity contribution in [1.29, 1.82) is 5.26 Å². The first-order valence-electron chi connectivity index (χ1n) is 4.94. The normalized spacial score (nSPS) is 12.6. The summed E-state index contributed by atoms with van der Waals surface area (Å²) in [5.74, 6) is 0.615. The zero-order valence-electron chi connectivity index (χ0n) is 8.70. The molecule has 1 aromatic carbocycles. The summed E-state index contributed by atoms with van der Waals surface area (Å²) in [6.45, 7) is 4.41. The molecule has 0 aliphatic heterocycles. The van der Waals surface area contributed by atoms with Gasteiger partial charge in [0.05, 0.1) is 6.07 Å². The maximum Gasteiger partial charge on any atom is 0.0912 e. The number of nitriles is 1. The first-order chi connectivity index (χ1) is 6.77. The first kappa shape index (κ1) is 10.5. The Hall–Kier alpha value is -1.55. The van der Waals surface area contributed by atoms with Crippen LogP contribution >= 0.6 is 0 Å². The largest absolute Gasteiger partial charge is 0.193 e. The topological polar surface area (TPSA) is 23.8 Å². The second kappa shape index (κ2) is 5.24. The summed E-state index contributed by atoms with van der Waals surface area (Å²) in [6, 6.07) is 10.3. The third-order valence-electron chi connectivity index (χ3n) is 2.47. The van der Waals surface area contributed by atoms with E-state index in [1.165, 1.54) is 11.6 Å². The van der Waals surface area contributed by atoms with Gasteiger partial charge < -0.3 is 0 Å². The fraction of sp³-hybridized carbons (Fsp3) is 0.308. The van der Waals surface area contributed by atoms with Crippen LogP contribution in [0.15, 0.2) is 30.3 Å². The molecule has 0 spiro atoms. The molecule has 1 rings (SSSR count). The summed E-state index contributed by atoms with van der Waals surface area (Å²) in [7, 11) is 0. The van der Waals surface area contributed by atoms with Crippen LogP contribution in [0.3, 0.4) is 0 Å². The van der Waals surface area contributed by atoms with Gasteiger partial charge in [0.2, 0.25) is 0 Å². The minimum absolute atomic E-state index is 0.615. The molecule has 0 saturated heterocycles. The summed E-state index contributed by atoms with van der Waals surface area (Å²) in [4.78, 5) is 0. The van der Waals surface area contributed by atoms with Gasteiger partial charge in [-0.15, -0.1) is 0 Å². The van der Waals surface area contributed by atoms with Crippen molar-refractivity contribution in [3.05, 3.63) is 41.5 Å². The quantitative estimate of drug-likeness (QED) is 0.658. The number of benzene rings is 1. The van der Waals surface area contributed by atoms with E-state index in [9.17, 15) is 0 Å². The van der Waals surface area contributed by atoms with E-state index < -0.39 is 0 Å². The molecule has 0 amide bonds. The Balaban J connectivity index is 2.79. The van der Waals surface area contributed by atoms with Crippen LogP contribution in [0.4, 0.5) is 0 Å². The van der Waals surface area contributed by atoms with Crippen molar-refractivity contribution in [3.8, 4) is 6.07 Å². The predicted molar refractivity (Wildman–Crippen MR) is 59.8 cm³/mol. The van der Waals surface area contributed by atoms with Gasteiger partial charge in [0.1, 0.15) is 0 Å². The van der Waals surface area contributed by atoms with E-state index in [4.69, 9.17) is 5.26 Å². The van der Waals surface area contributed by atoms with Gasteiger partial charge in [-0.2, -0.15) is 5.26 Å². The van der Waals surface area contributed by atoms with Crippen LogP contribution in [-0.4, -0.2) is 0 Å². The van der Waals surface area contributed by atoms with Crippen molar-refractivity contribution in [2.24, 2.45) is 0 Å². The van der Waals surface area contributed by atoms with Crippen molar-refractivity contribution in [3.63, 3.8) is 0 Å². The molecule has 0 heterocycles. The number of hydrogen-bond donors (Lipinski definition) is 0. The average Bonchev–Trinajstić information content (AvgIpc) is 2.26. The summed E-state index contributed by atoms with van der Waals surface area (Å²) in [6.07, 6.45) is 4.48. The van der Waals surface area contributed by atoms with Gasteiger partial charge in [0.25, 0.3) is 0 Å². The van der Waals surface area contributed by atoms with Crippen LogP contribution in [0.2, 0.25) is 0 Å². The van der Waals surface area contributed by atoms with E-state index in [2.05, 4.69) is 38.1 Å². The maximum atomic E-state index is 8.37. The molecule has 0 aliphatic carbocycles. The van der Waals surface area contributed by atoms with Crippen molar-refractivity contribution < 1.29 is 0 Å². The molecule has 1 heteroatoms. The van der Waals surface area contributed by atoms with Crippen molar-refractivity contribution in [2.45, 2.75) is 26.2 Å². The molecule has 1 nitrogen and oxygen atoms in total. The number of rotatable bonds is 3. The maximum absolute atomic E-state index is 8.37. The third-order valence-corrected chi connectivity index (χ3v) is 2.47. The van der Waals surface area contributed by atoms with Gasteiger partial charge in [-0.1, -0.05) is 38.1 Å². The van der Waals surface area contributed by atoms with Gasteiger partial charge in [-0.05, 0) is 29.5 Å². The second-order valence-corrected chi connectivity index (χ2v) is 3.44. The highest BCUT2D eigenvalue weighted by Crippen LogP contribution is 2.18. The summed E-state index contributed by atoms with van der Waals surface area (Å²) in [5, 5.41) is 8.37. The second-order valence-electron chi connectivity index (χ2n) is 3.44. The molecule has 0 bridgehead atoms. The Kier molecular flexibility index (Phi) is 3.94. The van der Waals surface area contributed by atoms with Crippen molar-refractivity contribution >= 4 is 6.08 Å². The predicted octanol–water partition coefficient (Wildman–Crippen LogP) is 3.74. The lowest BCUT2D eigenvalue weighted by atomic mass is 9.98. The monoisotopic (exact) mass is 185 g/mol. The zero-order chi connectivity index (χ0) is 10.4. The molecule has 1 atom stereocenters. The Morgan fingerprint density at radius 2 is 2.00 bits per heavy atom. The molecular formula is C13H15N. The highest BCUT2D eigenvalue weighted by atomic mass is 14.2. The molecule has 1 aromatic rings. The van der Waals surface area contributed by atoms with E-state index in [0.29, 0.717) is 5.92 Å². The van der Waals surface area contributed by atoms with Gasteiger partial charge in [-0.25, -0.2) is 0 Å². The van der Waals surface area contributed by atoms with Crippen LogP contribution in [-0.2, 0) is 0 Å². The lowest BCUT2D eigenvalue weighted by Gasteiger charge is -2.08. The molecule has 0 saturated carbocycles. The minimum atomic E-state index is 0.615. The Labute approximate surface area is 85.7 Å². The third kappa shape index (κ3) is 2.74. The van der Waals surface area contributed by atoms with E-state index in [1.54, 1.807) is 0 Å². The van der Waals surface area contributed by atoms with Gasteiger partial charge in [0.15, 0.2) is 0 Å². The Bertz CT molecular complexity index is 340. The van der Waals surface area contributed by atoms with E-state index in [1.807, 2.05) is 12.1 Å². The van der Waals surface area contributed by atoms with Crippen LogP contribution in [0.25, 0.3) is 6.08 Å². The van der Waals surface area contributed by atoms with Gasteiger partial charge in [0, 0.05) is 6.08 Å². The minimum Gasteiger partial charge on any atom is -0.193 e. The van der Waals surface area contributed by atoms with Crippen LogP contribution in [0.1, 0.15) is 37.3 Å². The molecule has 72 valence electrons. The van der Waals surface area contributed by atoms with Crippen molar-refractivity contribution in [2.75, 3.05) is 0 Å².